The van der Waals surface area contributed by atoms with E-state index in [1.165, 1.54) is 4.57 Å². The Morgan fingerprint density at radius 1 is 1.35 bits per heavy atom. The molecule has 1 aromatic carbocycles. The van der Waals surface area contributed by atoms with Crippen LogP contribution in [0.1, 0.15) is 23.7 Å². The van der Waals surface area contributed by atoms with Crippen LogP contribution in [0.2, 0.25) is 0 Å². The van der Waals surface area contributed by atoms with Crippen molar-refractivity contribution in [3.8, 4) is 0 Å². The Hall–Kier alpha value is -2.18. The van der Waals surface area contributed by atoms with Crippen molar-refractivity contribution in [3.63, 3.8) is 0 Å². The summed E-state index contributed by atoms with van der Waals surface area (Å²) in [7, 11) is 0. The van der Waals surface area contributed by atoms with Gasteiger partial charge in [0.1, 0.15) is 0 Å². The molecule has 4 nitrogen and oxygen atoms in total. The van der Waals surface area contributed by atoms with Crippen molar-refractivity contribution in [2.45, 2.75) is 18.6 Å². The van der Waals surface area contributed by atoms with E-state index in [2.05, 4.69) is 10.3 Å². The summed E-state index contributed by atoms with van der Waals surface area (Å²) >= 11 is 0. The number of aromatic nitrogens is 2. The summed E-state index contributed by atoms with van der Waals surface area (Å²) in [6.45, 7) is 0.577. The number of hydrogen-bond acceptors (Lipinski definition) is 3. The van der Waals surface area contributed by atoms with Gasteiger partial charge >= 0.3 is 6.18 Å². The van der Waals surface area contributed by atoms with Crippen LogP contribution < -0.4 is 11.1 Å². The number of hydrogen-bond donors (Lipinski definition) is 2. The van der Waals surface area contributed by atoms with Crippen LogP contribution >= 0.6 is 0 Å². The molecule has 0 amide bonds. The minimum atomic E-state index is -4.44. The Bertz CT molecular complexity index is 633. The van der Waals surface area contributed by atoms with Gasteiger partial charge < -0.3 is 15.6 Å². The summed E-state index contributed by atoms with van der Waals surface area (Å²) in [5, 5.41) is 2.89. The Kier molecular flexibility index (Phi) is 2.84. The molecule has 1 aliphatic rings. The molecule has 0 saturated carbocycles. The highest BCUT2D eigenvalue weighted by molar-refractivity contribution is 5.44. The second-order valence-electron chi connectivity index (χ2n) is 4.76. The Labute approximate surface area is 113 Å². The molecule has 7 heteroatoms. The molecule has 1 aromatic heterocycles. The van der Waals surface area contributed by atoms with E-state index in [-0.39, 0.29) is 12.0 Å². The molecule has 3 rings (SSSR count). The first kappa shape index (κ1) is 12.8. The van der Waals surface area contributed by atoms with Gasteiger partial charge in [0.2, 0.25) is 5.95 Å². The van der Waals surface area contributed by atoms with E-state index in [1.54, 1.807) is 18.2 Å². The lowest BCUT2D eigenvalue weighted by atomic mass is 10.0. The van der Waals surface area contributed by atoms with Gasteiger partial charge in [-0.05, 0) is 24.1 Å². The van der Waals surface area contributed by atoms with Gasteiger partial charge in [-0.1, -0.05) is 12.1 Å². The molecule has 106 valence electrons. The van der Waals surface area contributed by atoms with Crippen LogP contribution in [0.4, 0.5) is 24.8 Å². The summed E-state index contributed by atoms with van der Waals surface area (Å²) < 4.78 is 39.8. The average Bonchev–Trinajstić information content (AvgIpc) is 2.82. The number of nitrogens with zero attached hydrogens (tertiary/aromatic N) is 2. The zero-order chi connectivity index (χ0) is 14.3. The first-order valence-corrected chi connectivity index (χ1v) is 6.20. The molecule has 0 spiro atoms. The predicted molar refractivity (Wildman–Crippen MR) is 69.3 cm³/mol. The Morgan fingerprint density at radius 2 is 2.15 bits per heavy atom. The fourth-order valence-electron chi connectivity index (χ4n) is 2.45. The lowest BCUT2D eigenvalue weighted by Crippen LogP contribution is -2.23. The maximum atomic E-state index is 12.7. The number of rotatable bonds is 1. The van der Waals surface area contributed by atoms with Gasteiger partial charge in [-0.3, -0.25) is 0 Å². The molecule has 20 heavy (non-hydrogen) atoms. The molecular weight excluding hydrogens is 269 g/mol. The Balaban J connectivity index is 2.04. The number of benzene rings is 1. The molecule has 1 atom stereocenters. The molecule has 0 saturated heterocycles. The third-order valence-electron chi connectivity index (χ3n) is 3.35. The summed E-state index contributed by atoms with van der Waals surface area (Å²) in [5.74, 6) is 0.246. The van der Waals surface area contributed by atoms with E-state index in [1.807, 2.05) is 6.07 Å². The highest BCUT2D eigenvalue weighted by atomic mass is 19.4. The number of halogens is 3. The third-order valence-corrected chi connectivity index (χ3v) is 3.35. The summed E-state index contributed by atoms with van der Waals surface area (Å²) in [6, 6.07) is 7.02. The fraction of sp³-hybridized carbons (Fsp3) is 0.308. The molecule has 0 aliphatic carbocycles. The molecule has 0 fully saturated rings. The standard InChI is InChI=1S/C13H13F3N4/c14-13(15,16)11-7-20-10(4-5-18-12(20)19-11)8-2-1-3-9(17)6-8/h1-3,6-7,10H,4-5,17H2,(H,18,19). The molecule has 2 aromatic rings. The van der Waals surface area contributed by atoms with Crippen molar-refractivity contribution in [3.05, 3.63) is 41.7 Å². The second kappa shape index (κ2) is 4.43. The van der Waals surface area contributed by atoms with Gasteiger partial charge in [-0.15, -0.1) is 0 Å². The van der Waals surface area contributed by atoms with Crippen LogP contribution in [-0.2, 0) is 6.18 Å². The largest absolute Gasteiger partial charge is 0.434 e. The van der Waals surface area contributed by atoms with Crippen molar-refractivity contribution >= 4 is 11.6 Å². The lowest BCUT2D eigenvalue weighted by molar-refractivity contribution is -0.140. The van der Waals surface area contributed by atoms with E-state index >= 15 is 0 Å². The van der Waals surface area contributed by atoms with E-state index in [9.17, 15) is 13.2 Å². The van der Waals surface area contributed by atoms with Crippen LogP contribution in [-0.4, -0.2) is 16.1 Å². The smallest absolute Gasteiger partial charge is 0.399 e. The SMILES string of the molecule is Nc1cccc(C2CCNc3nc(C(F)(F)F)cn32)c1. The van der Waals surface area contributed by atoms with Gasteiger partial charge in [0, 0.05) is 18.4 Å². The van der Waals surface area contributed by atoms with Crippen LogP contribution in [0.5, 0.6) is 0 Å². The number of nitrogens with two attached hydrogens (primary N) is 1. The highest BCUT2D eigenvalue weighted by Crippen LogP contribution is 2.35. The molecule has 0 radical (unpaired) electrons. The monoisotopic (exact) mass is 282 g/mol. The maximum absolute atomic E-state index is 12.7. The Morgan fingerprint density at radius 3 is 2.85 bits per heavy atom. The average molecular weight is 282 g/mol. The minimum absolute atomic E-state index is 0.182. The van der Waals surface area contributed by atoms with Gasteiger partial charge in [0.05, 0.1) is 6.04 Å². The second-order valence-corrected chi connectivity index (χ2v) is 4.76. The van der Waals surface area contributed by atoms with Crippen molar-refractivity contribution in [1.29, 1.82) is 0 Å². The third kappa shape index (κ3) is 2.19. The highest BCUT2D eigenvalue weighted by Gasteiger charge is 2.36. The van der Waals surface area contributed by atoms with Gasteiger partial charge in [0.25, 0.3) is 0 Å². The number of anilines is 2. The molecular formula is C13H13F3N4. The fourth-order valence-corrected chi connectivity index (χ4v) is 2.45. The van der Waals surface area contributed by atoms with E-state index in [4.69, 9.17) is 5.73 Å². The van der Waals surface area contributed by atoms with Crippen molar-refractivity contribution in [2.75, 3.05) is 17.6 Å². The van der Waals surface area contributed by atoms with Gasteiger partial charge in [-0.2, -0.15) is 13.2 Å². The van der Waals surface area contributed by atoms with Crippen LogP contribution in [0, 0.1) is 0 Å². The first-order chi connectivity index (χ1) is 9.45. The minimum Gasteiger partial charge on any atom is -0.399 e. The number of imidazole rings is 1. The summed E-state index contributed by atoms with van der Waals surface area (Å²) in [4.78, 5) is 3.62. The van der Waals surface area contributed by atoms with Crippen LogP contribution in [0.25, 0.3) is 0 Å². The van der Waals surface area contributed by atoms with E-state index < -0.39 is 11.9 Å². The lowest BCUT2D eigenvalue weighted by Gasteiger charge is -2.26. The van der Waals surface area contributed by atoms with Crippen molar-refractivity contribution < 1.29 is 13.2 Å². The molecule has 3 N–H and O–H groups in total. The van der Waals surface area contributed by atoms with Crippen molar-refractivity contribution in [1.82, 2.24) is 9.55 Å². The molecule has 1 unspecified atom stereocenters. The predicted octanol–water partition coefficient (Wildman–Crippen LogP) is 2.89. The molecule has 2 heterocycles. The zero-order valence-electron chi connectivity index (χ0n) is 10.5. The number of alkyl halides is 3. The number of fused-ring (bicyclic) bond motifs is 1. The van der Waals surface area contributed by atoms with Crippen molar-refractivity contribution in [2.24, 2.45) is 0 Å². The van der Waals surface area contributed by atoms with Gasteiger partial charge in [-0.25, -0.2) is 4.98 Å². The first-order valence-electron chi connectivity index (χ1n) is 6.20. The number of nitrogens with one attached hydrogen (secondary N) is 1. The van der Waals surface area contributed by atoms with Gasteiger partial charge in [0.15, 0.2) is 5.69 Å². The quantitative estimate of drug-likeness (QED) is 0.791. The normalized spacial score (nSPS) is 18.4. The van der Waals surface area contributed by atoms with E-state index in [0.29, 0.717) is 18.7 Å². The topological polar surface area (TPSA) is 55.9 Å². The van der Waals surface area contributed by atoms with Crippen LogP contribution in [0.3, 0.4) is 0 Å². The van der Waals surface area contributed by atoms with Crippen LogP contribution in [0.15, 0.2) is 30.5 Å². The molecule has 0 bridgehead atoms. The zero-order valence-corrected chi connectivity index (χ0v) is 10.5. The van der Waals surface area contributed by atoms with E-state index in [0.717, 1.165) is 11.8 Å². The number of nitrogen functional groups attached to an aromatic ring is 1. The maximum Gasteiger partial charge on any atom is 0.434 e. The summed E-state index contributed by atoms with van der Waals surface area (Å²) in [6.07, 6.45) is -2.70. The summed E-state index contributed by atoms with van der Waals surface area (Å²) in [5.41, 5.74) is 6.34. The molecule has 1 aliphatic heterocycles.